The van der Waals surface area contributed by atoms with E-state index in [2.05, 4.69) is 4.98 Å². The minimum atomic E-state index is -1.20. The van der Waals surface area contributed by atoms with Crippen LogP contribution >= 0.6 is 0 Å². The maximum Gasteiger partial charge on any atom is 0.492 e. The Morgan fingerprint density at radius 3 is 2.89 bits per heavy atom. The molecule has 0 bridgehead atoms. The van der Waals surface area contributed by atoms with Crippen molar-refractivity contribution in [3.8, 4) is 11.5 Å². The number of nitrogens with zero attached hydrogens (tertiary/aromatic N) is 2. The van der Waals surface area contributed by atoms with E-state index < -0.39 is 24.1 Å². The van der Waals surface area contributed by atoms with Crippen molar-refractivity contribution in [3.05, 3.63) is 51.7 Å². The number of aromatic nitrogens is 1. The number of aryl methyl sites for hydroxylation is 1. The molecule has 1 aliphatic heterocycles. The molecule has 0 spiro atoms. The molecule has 2 heterocycles. The lowest BCUT2D eigenvalue weighted by molar-refractivity contribution is -0.389. The van der Waals surface area contributed by atoms with Gasteiger partial charge in [0.2, 0.25) is 0 Å². The summed E-state index contributed by atoms with van der Waals surface area (Å²) in [5.41, 5.74) is 1.96. The summed E-state index contributed by atoms with van der Waals surface area (Å²) in [4.78, 5) is 25.6. The van der Waals surface area contributed by atoms with Crippen molar-refractivity contribution in [2.24, 2.45) is 0 Å². The molecular formula is C17H17BN2O7. The number of hydrogen-bond donors (Lipinski definition) is 1. The van der Waals surface area contributed by atoms with Gasteiger partial charge in [0, 0.05) is 6.07 Å². The highest BCUT2D eigenvalue weighted by atomic mass is 16.6. The molecule has 1 unspecified atom stereocenters. The highest BCUT2D eigenvalue weighted by Gasteiger charge is 2.38. The molecule has 10 heteroatoms. The van der Waals surface area contributed by atoms with Gasteiger partial charge in [0.15, 0.2) is 0 Å². The second-order valence-corrected chi connectivity index (χ2v) is 5.94. The standard InChI is InChI=1S/C17H17BN2O7/c1-3-25-16(21)9-14-17-10(2)6-12(7-13(17)18(22)27-14)26-11-4-5-19-15(8-11)20(23)24/h4-8,14,22H,3,9H2,1-2H3. The number of fused-ring (bicyclic) bond motifs is 1. The van der Waals surface area contributed by atoms with Gasteiger partial charge in [-0.15, -0.1) is 0 Å². The van der Waals surface area contributed by atoms with Crippen molar-refractivity contribution in [3.63, 3.8) is 0 Å². The minimum Gasteiger partial charge on any atom is -0.466 e. The molecule has 0 aliphatic carbocycles. The number of nitro groups is 1. The van der Waals surface area contributed by atoms with Gasteiger partial charge in [-0.1, -0.05) is 0 Å². The molecule has 27 heavy (non-hydrogen) atoms. The van der Waals surface area contributed by atoms with Crippen LogP contribution in [-0.2, 0) is 14.2 Å². The molecule has 9 nitrogen and oxygen atoms in total. The van der Waals surface area contributed by atoms with Crippen LogP contribution in [0.25, 0.3) is 0 Å². The van der Waals surface area contributed by atoms with Crippen LogP contribution in [0.3, 0.4) is 0 Å². The molecule has 1 aromatic heterocycles. The fraction of sp³-hybridized carbons (Fsp3) is 0.294. The van der Waals surface area contributed by atoms with Crippen molar-refractivity contribution in [1.82, 2.24) is 4.98 Å². The number of carbonyl (C=O) groups excluding carboxylic acids is 1. The molecule has 1 N–H and O–H groups in total. The second kappa shape index (κ2) is 7.72. The van der Waals surface area contributed by atoms with Crippen LogP contribution in [-0.4, -0.2) is 34.6 Å². The molecule has 1 aromatic carbocycles. The molecule has 0 fully saturated rings. The predicted molar refractivity (Wildman–Crippen MR) is 94.8 cm³/mol. The van der Waals surface area contributed by atoms with Gasteiger partial charge in [0.05, 0.1) is 25.2 Å². The normalized spacial score (nSPS) is 15.4. The van der Waals surface area contributed by atoms with Crippen LogP contribution in [0.5, 0.6) is 11.5 Å². The van der Waals surface area contributed by atoms with E-state index in [1.807, 2.05) is 0 Å². The summed E-state index contributed by atoms with van der Waals surface area (Å²) >= 11 is 0. The van der Waals surface area contributed by atoms with E-state index in [-0.39, 0.29) is 24.6 Å². The third-order valence-electron chi connectivity index (χ3n) is 4.07. The Morgan fingerprint density at radius 1 is 1.41 bits per heavy atom. The van der Waals surface area contributed by atoms with Crippen LogP contribution in [0.4, 0.5) is 5.82 Å². The third kappa shape index (κ3) is 4.07. The summed E-state index contributed by atoms with van der Waals surface area (Å²) in [6, 6.07) is 6.00. The number of rotatable bonds is 6. The average molecular weight is 372 g/mol. The number of carbonyl (C=O) groups is 1. The van der Waals surface area contributed by atoms with Crippen molar-refractivity contribution >= 4 is 24.4 Å². The number of pyridine rings is 1. The lowest BCUT2D eigenvalue weighted by Gasteiger charge is -2.14. The summed E-state index contributed by atoms with van der Waals surface area (Å²) in [5.74, 6) is -0.117. The zero-order valence-corrected chi connectivity index (χ0v) is 14.7. The van der Waals surface area contributed by atoms with E-state index in [4.69, 9.17) is 14.1 Å². The highest BCUT2D eigenvalue weighted by molar-refractivity contribution is 6.62. The van der Waals surface area contributed by atoms with Crippen molar-refractivity contribution in [2.45, 2.75) is 26.4 Å². The van der Waals surface area contributed by atoms with E-state index in [0.29, 0.717) is 16.8 Å². The van der Waals surface area contributed by atoms with Gasteiger partial charge in [-0.3, -0.25) is 4.79 Å². The van der Waals surface area contributed by atoms with Gasteiger partial charge in [-0.25, -0.2) is 0 Å². The van der Waals surface area contributed by atoms with Crippen molar-refractivity contribution < 1.29 is 28.9 Å². The molecule has 1 aliphatic rings. The van der Waals surface area contributed by atoms with Gasteiger partial charge in [-0.2, -0.15) is 0 Å². The largest absolute Gasteiger partial charge is 0.492 e. The average Bonchev–Trinajstić information content (AvgIpc) is 2.91. The van der Waals surface area contributed by atoms with E-state index in [1.165, 1.54) is 18.3 Å². The Morgan fingerprint density at radius 2 is 2.19 bits per heavy atom. The topological polar surface area (TPSA) is 121 Å². The Hall–Kier alpha value is -2.98. The summed E-state index contributed by atoms with van der Waals surface area (Å²) in [6.07, 6.45) is 0.668. The quantitative estimate of drug-likeness (QED) is 0.353. The first kappa shape index (κ1) is 18.8. The predicted octanol–water partition coefficient (Wildman–Crippen LogP) is 1.80. The fourth-order valence-corrected chi connectivity index (χ4v) is 3.01. The van der Waals surface area contributed by atoms with Crippen LogP contribution in [0.2, 0.25) is 0 Å². The number of esters is 1. The van der Waals surface area contributed by atoms with Crippen LogP contribution in [0.1, 0.15) is 30.6 Å². The molecule has 0 radical (unpaired) electrons. The first-order valence-electron chi connectivity index (χ1n) is 8.31. The first-order chi connectivity index (χ1) is 12.9. The molecule has 0 saturated carbocycles. The van der Waals surface area contributed by atoms with Gasteiger partial charge in [0.1, 0.15) is 17.7 Å². The zero-order valence-electron chi connectivity index (χ0n) is 14.7. The van der Waals surface area contributed by atoms with Crippen LogP contribution in [0.15, 0.2) is 30.5 Å². The lowest BCUT2D eigenvalue weighted by Crippen LogP contribution is -2.28. The maximum atomic E-state index is 11.8. The van der Waals surface area contributed by atoms with E-state index >= 15 is 0 Å². The molecule has 1 atom stereocenters. The molecule has 0 saturated heterocycles. The minimum absolute atomic E-state index is 0.00447. The molecule has 0 amide bonds. The summed E-state index contributed by atoms with van der Waals surface area (Å²) in [7, 11) is -1.20. The van der Waals surface area contributed by atoms with Crippen molar-refractivity contribution in [2.75, 3.05) is 6.61 Å². The number of hydrogen-bond acceptors (Lipinski definition) is 8. The van der Waals surface area contributed by atoms with Gasteiger partial charge in [0.25, 0.3) is 0 Å². The zero-order chi connectivity index (χ0) is 19.6. The van der Waals surface area contributed by atoms with Gasteiger partial charge < -0.3 is 29.3 Å². The van der Waals surface area contributed by atoms with E-state index in [1.54, 1.807) is 26.0 Å². The van der Waals surface area contributed by atoms with Crippen LogP contribution in [0, 0.1) is 17.0 Å². The van der Waals surface area contributed by atoms with Crippen molar-refractivity contribution in [1.29, 1.82) is 0 Å². The first-order valence-corrected chi connectivity index (χ1v) is 8.31. The van der Waals surface area contributed by atoms with Gasteiger partial charge in [-0.05, 0) is 52.5 Å². The molecule has 2 aromatic rings. The molecule has 3 rings (SSSR count). The monoisotopic (exact) mass is 372 g/mol. The molecular weight excluding hydrogens is 355 g/mol. The smallest absolute Gasteiger partial charge is 0.466 e. The second-order valence-electron chi connectivity index (χ2n) is 5.94. The Balaban J connectivity index is 1.86. The molecule has 140 valence electrons. The Labute approximate surface area is 155 Å². The number of ether oxygens (including phenoxy) is 2. The Kier molecular flexibility index (Phi) is 5.38. The van der Waals surface area contributed by atoms with Gasteiger partial charge >= 0.3 is 18.9 Å². The third-order valence-corrected chi connectivity index (χ3v) is 4.07. The highest BCUT2D eigenvalue weighted by Crippen LogP contribution is 2.33. The summed E-state index contributed by atoms with van der Waals surface area (Å²) in [6.45, 7) is 3.79. The van der Waals surface area contributed by atoms with E-state index in [0.717, 1.165) is 5.56 Å². The van der Waals surface area contributed by atoms with Crippen LogP contribution < -0.4 is 10.2 Å². The summed E-state index contributed by atoms with van der Waals surface area (Å²) in [5, 5.41) is 21.0. The Bertz CT molecular complexity index is 890. The SMILES string of the molecule is CCOC(=O)CC1OB(O)c2cc(Oc3ccnc([N+](=O)[O-])c3)cc(C)c21. The van der Waals surface area contributed by atoms with E-state index in [9.17, 15) is 19.9 Å². The fourth-order valence-electron chi connectivity index (χ4n) is 3.01. The number of benzene rings is 1. The lowest BCUT2D eigenvalue weighted by atomic mass is 9.77. The summed E-state index contributed by atoms with van der Waals surface area (Å²) < 4.78 is 16.1. The maximum absolute atomic E-state index is 11.8.